The van der Waals surface area contributed by atoms with Crippen molar-refractivity contribution in [2.24, 2.45) is 5.73 Å². The largest absolute Gasteiger partial charge is 0.349 e. The Balaban J connectivity index is 2.02. The molecule has 0 amide bonds. The van der Waals surface area contributed by atoms with Crippen molar-refractivity contribution in [1.29, 1.82) is 0 Å². The van der Waals surface area contributed by atoms with E-state index in [0.29, 0.717) is 25.0 Å². The molecule has 2 unspecified atom stereocenters. The normalized spacial score (nSPS) is 49.7. The van der Waals surface area contributed by atoms with Gasteiger partial charge in [-0.1, -0.05) is 0 Å². The van der Waals surface area contributed by atoms with Crippen LogP contribution in [0.15, 0.2) is 0 Å². The Morgan fingerprint density at radius 3 is 2.22 bits per heavy atom. The van der Waals surface area contributed by atoms with Crippen molar-refractivity contribution in [3.63, 3.8) is 0 Å². The van der Waals surface area contributed by atoms with Gasteiger partial charge in [0.25, 0.3) is 0 Å². The summed E-state index contributed by atoms with van der Waals surface area (Å²) in [4.78, 5) is 0. The molecule has 0 aromatic heterocycles. The van der Waals surface area contributed by atoms with Crippen LogP contribution in [0, 0.1) is 0 Å². The van der Waals surface area contributed by atoms with Crippen molar-refractivity contribution < 1.29 is 9.47 Å². The maximum atomic E-state index is 5.66. The first-order valence-corrected chi connectivity index (χ1v) is 3.35. The van der Waals surface area contributed by atoms with E-state index >= 15 is 0 Å². The first-order chi connectivity index (χ1) is 4.36. The van der Waals surface area contributed by atoms with Gasteiger partial charge in [-0.05, 0) is 12.8 Å². The van der Waals surface area contributed by atoms with E-state index in [0.717, 1.165) is 12.8 Å². The van der Waals surface area contributed by atoms with Crippen LogP contribution in [0.25, 0.3) is 0 Å². The standard InChI is InChI=1S/C6H11NO2/c7-4-1-5-6(2-4)9-3-8-5/h4-6H,1-3,7H2. The highest BCUT2D eigenvalue weighted by Gasteiger charge is 2.37. The lowest BCUT2D eigenvalue weighted by molar-refractivity contribution is 0.0272. The molecule has 2 aliphatic rings. The minimum absolute atomic E-state index is 0.306. The number of hydrogen-bond donors (Lipinski definition) is 1. The van der Waals surface area contributed by atoms with Crippen LogP contribution in [0.4, 0.5) is 0 Å². The van der Waals surface area contributed by atoms with Crippen molar-refractivity contribution in [3.8, 4) is 0 Å². The van der Waals surface area contributed by atoms with Gasteiger partial charge in [0.05, 0.1) is 12.2 Å². The molecule has 2 fully saturated rings. The van der Waals surface area contributed by atoms with Crippen LogP contribution in [0.2, 0.25) is 0 Å². The van der Waals surface area contributed by atoms with E-state index in [1.165, 1.54) is 0 Å². The third kappa shape index (κ3) is 0.852. The van der Waals surface area contributed by atoms with Crippen LogP contribution in [0.5, 0.6) is 0 Å². The third-order valence-electron chi connectivity index (χ3n) is 2.05. The minimum atomic E-state index is 0.306. The van der Waals surface area contributed by atoms with Gasteiger partial charge < -0.3 is 15.2 Å². The molecule has 52 valence electrons. The quantitative estimate of drug-likeness (QED) is 0.494. The third-order valence-corrected chi connectivity index (χ3v) is 2.05. The maximum Gasteiger partial charge on any atom is 0.147 e. The van der Waals surface area contributed by atoms with Gasteiger partial charge in [-0.3, -0.25) is 0 Å². The fraction of sp³-hybridized carbons (Fsp3) is 1.00. The van der Waals surface area contributed by atoms with Gasteiger partial charge in [-0.15, -0.1) is 0 Å². The number of fused-ring (bicyclic) bond motifs is 1. The van der Waals surface area contributed by atoms with E-state index in [1.54, 1.807) is 0 Å². The molecule has 9 heavy (non-hydrogen) atoms. The molecule has 0 bridgehead atoms. The highest BCUT2D eigenvalue weighted by atomic mass is 16.7. The molecule has 1 heterocycles. The summed E-state index contributed by atoms with van der Waals surface area (Å²) >= 11 is 0. The first kappa shape index (κ1) is 5.65. The van der Waals surface area contributed by atoms with Crippen LogP contribution in [0.1, 0.15) is 12.8 Å². The van der Waals surface area contributed by atoms with E-state index in [4.69, 9.17) is 15.2 Å². The SMILES string of the molecule is NC1CC2OCOC2C1. The molecule has 1 aliphatic carbocycles. The Labute approximate surface area is 54.1 Å². The van der Waals surface area contributed by atoms with Gasteiger partial charge in [-0.2, -0.15) is 0 Å². The fourth-order valence-electron chi connectivity index (χ4n) is 1.56. The van der Waals surface area contributed by atoms with Gasteiger partial charge in [0.1, 0.15) is 6.79 Å². The molecule has 0 radical (unpaired) electrons. The van der Waals surface area contributed by atoms with Gasteiger partial charge in [-0.25, -0.2) is 0 Å². The summed E-state index contributed by atoms with van der Waals surface area (Å²) in [6.07, 6.45) is 2.56. The van der Waals surface area contributed by atoms with E-state index in [2.05, 4.69) is 0 Å². The summed E-state index contributed by atoms with van der Waals surface area (Å²) in [6, 6.07) is 0.306. The lowest BCUT2D eigenvalue weighted by Gasteiger charge is -2.01. The van der Waals surface area contributed by atoms with Crippen molar-refractivity contribution in [2.45, 2.75) is 31.1 Å². The van der Waals surface area contributed by atoms with Crippen LogP contribution < -0.4 is 5.73 Å². The van der Waals surface area contributed by atoms with Crippen molar-refractivity contribution in [3.05, 3.63) is 0 Å². The van der Waals surface area contributed by atoms with Crippen LogP contribution in [0.3, 0.4) is 0 Å². The molecule has 1 saturated heterocycles. The summed E-state index contributed by atoms with van der Waals surface area (Å²) in [5.74, 6) is 0. The van der Waals surface area contributed by atoms with Crippen LogP contribution in [-0.2, 0) is 9.47 Å². The number of nitrogens with two attached hydrogens (primary N) is 1. The van der Waals surface area contributed by atoms with E-state index < -0.39 is 0 Å². The zero-order valence-corrected chi connectivity index (χ0v) is 5.25. The molecular weight excluding hydrogens is 118 g/mol. The predicted octanol–water partition coefficient (Wildman–Crippen LogP) is -0.151. The number of rotatable bonds is 0. The van der Waals surface area contributed by atoms with E-state index in [-0.39, 0.29) is 0 Å². The number of ether oxygens (including phenoxy) is 2. The molecule has 2 N–H and O–H groups in total. The Morgan fingerprint density at radius 1 is 1.11 bits per heavy atom. The zero-order valence-electron chi connectivity index (χ0n) is 5.25. The highest BCUT2D eigenvalue weighted by Crippen LogP contribution is 2.28. The predicted molar refractivity (Wildman–Crippen MR) is 31.8 cm³/mol. The van der Waals surface area contributed by atoms with E-state index in [1.807, 2.05) is 0 Å². The van der Waals surface area contributed by atoms with Gasteiger partial charge in [0.2, 0.25) is 0 Å². The highest BCUT2D eigenvalue weighted by molar-refractivity contribution is 4.89. The molecule has 2 rings (SSSR count). The molecule has 3 nitrogen and oxygen atoms in total. The first-order valence-electron chi connectivity index (χ1n) is 3.35. The number of hydrogen-bond acceptors (Lipinski definition) is 3. The molecular formula is C6H11NO2. The minimum Gasteiger partial charge on any atom is -0.349 e. The summed E-state index contributed by atoms with van der Waals surface area (Å²) in [7, 11) is 0. The molecule has 2 atom stereocenters. The Morgan fingerprint density at radius 2 is 1.67 bits per heavy atom. The molecule has 1 saturated carbocycles. The van der Waals surface area contributed by atoms with Crippen molar-refractivity contribution >= 4 is 0 Å². The average molecular weight is 129 g/mol. The molecule has 0 aromatic carbocycles. The second-order valence-electron chi connectivity index (χ2n) is 2.76. The van der Waals surface area contributed by atoms with Gasteiger partial charge >= 0.3 is 0 Å². The van der Waals surface area contributed by atoms with Crippen molar-refractivity contribution in [2.75, 3.05) is 6.79 Å². The van der Waals surface area contributed by atoms with E-state index in [9.17, 15) is 0 Å². The second kappa shape index (κ2) is 1.94. The summed E-state index contributed by atoms with van der Waals surface area (Å²) < 4.78 is 10.5. The Kier molecular flexibility index (Phi) is 1.22. The van der Waals surface area contributed by atoms with Gasteiger partial charge in [0, 0.05) is 6.04 Å². The van der Waals surface area contributed by atoms with Crippen molar-refractivity contribution in [1.82, 2.24) is 0 Å². The smallest absolute Gasteiger partial charge is 0.147 e. The maximum absolute atomic E-state index is 5.66. The topological polar surface area (TPSA) is 44.5 Å². The summed E-state index contributed by atoms with van der Waals surface area (Å²) in [5.41, 5.74) is 5.66. The fourth-order valence-corrected chi connectivity index (χ4v) is 1.56. The Hall–Kier alpha value is -0.120. The lowest BCUT2D eigenvalue weighted by Crippen LogP contribution is -2.17. The lowest BCUT2D eigenvalue weighted by atomic mass is 10.3. The van der Waals surface area contributed by atoms with Gasteiger partial charge in [0.15, 0.2) is 0 Å². The summed E-state index contributed by atoms with van der Waals surface area (Å²) in [6.45, 7) is 0.474. The zero-order chi connectivity index (χ0) is 6.27. The van der Waals surface area contributed by atoms with Crippen LogP contribution in [-0.4, -0.2) is 25.0 Å². The molecule has 0 spiro atoms. The Bertz CT molecular complexity index is 106. The average Bonchev–Trinajstić information content (AvgIpc) is 2.22. The monoisotopic (exact) mass is 129 g/mol. The molecule has 0 aromatic rings. The molecule has 1 aliphatic heterocycles. The summed E-state index contributed by atoms with van der Waals surface area (Å²) in [5, 5.41) is 0. The van der Waals surface area contributed by atoms with Crippen LogP contribution >= 0.6 is 0 Å². The second-order valence-corrected chi connectivity index (χ2v) is 2.76. The molecule has 3 heteroatoms.